The van der Waals surface area contributed by atoms with Gasteiger partial charge in [-0.1, -0.05) is 28.1 Å². The molecule has 1 aliphatic rings. The minimum Gasteiger partial charge on any atom is -0.378 e. The van der Waals surface area contributed by atoms with E-state index in [-0.39, 0.29) is 24.0 Å². The summed E-state index contributed by atoms with van der Waals surface area (Å²) in [6.07, 6.45) is 0. The average Bonchev–Trinajstić information content (AvgIpc) is 3.03. The Morgan fingerprint density at radius 3 is 2.70 bits per heavy atom. The number of morpholine rings is 1. The number of ether oxygens (including phenoxy) is 1. The van der Waals surface area contributed by atoms with E-state index in [0.29, 0.717) is 37.4 Å². The van der Waals surface area contributed by atoms with Crippen LogP contribution in [0.15, 0.2) is 33.7 Å². The number of aliphatic imine (C=N–C) groups is 1. The van der Waals surface area contributed by atoms with Gasteiger partial charge in [0.2, 0.25) is 0 Å². The maximum atomic E-state index is 5.98. The summed E-state index contributed by atoms with van der Waals surface area (Å²) in [5.41, 5.74) is 6.94. The lowest BCUT2D eigenvalue weighted by Crippen LogP contribution is -2.44. The molecule has 3 N–H and O–H groups in total. The van der Waals surface area contributed by atoms with Crippen LogP contribution in [-0.4, -0.2) is 52.3 Å². The van der Waals surface area contributed by atoms with Crippen molar-refractivity contribution in [3.05, 3.63) is 34.6 Å². The van der Waals surface area contributed by atoms with E-state index < -0.39 is 0 Å². The number of benzene rings is 1. The van der Waals surface area contributed by atoms with Crippen molar-refractivity contribution in [2.75, 3.05) is 26.3 Å². The van der Waals surface area contributed by atoms with Gasteiger partial charge in [-0.05, 0) is 12.1 Å². The van der Waals surface area contributed by atoms with Gasteiger partial charge < -0.3 is 15.4 Å². The van der Waals surface area contributed by atoms with E-state index in [9.17, 15) is 0 Å². The maximum absolute atomic E-state index is 5.98. The summed E-state index contributed by atoms with van der Waals surface area (Å²) < 4.78 is 6.31. The number of H-pyrrole nitrogens is 1. The number of nitrogens with two attached hydrogens (primary N) is 1. The Labute approximate surface area is 159 Å². The molecule has 2 aromatic rings. The van der Waals surface area contributed by atoms with Gasteiger partial charge in [-0.2, -0.15) is 5.10 Å². The zero-order valence-corrected chi connectivity index (χ0v) is 16.3. The smallest absolute Gasteiger partial charge is 0.191 e. The molecule has 124 valence electrons. The Hall–Kier alpha value is -1.20. The summed E-state index contributed by atoms with van der Waals surface area (Å²) in [6, 6.07) is 7.84. The third-order valence-electron chi connectivity index (χ3n) is 3.36. The fourth-order valence-corrected chi connectivity index (χ4v) is 2.41. The first-order valence-corrected chi connectivity index (χ1v) is 7.81. The van der Waals surface area contributed by atoms with Gasteiger partial charge in [0.05, 0.1) is 13.2 Å². The van der Waals surface area contributed by atoms with Crippen molar-refractivity contribution in [2.45, 2.75) is 6.54 Å². The molecule has 0 amide bonds. The first-order valence-electron chi connectivity index (χ1n) is 7.02. The zero-order valence-electron chi connectivity index (χ0n) is 12.4. The van der Waals surface area contributed by atoms with Crippen LogP contribution in [0.4, 0.5) is 0 Å². The molecular formula is C14H18BrIN6O. The van der Waals surface area contributed by atoms with Crippen LogP contribution in [0.25, 0.3) is 11.4 Å². The Morgan fingerprint density at radius 2 is 2.00 bits per heavy atom. The molecular weight excluding hydrogens is 475 g/mol. The van der Waals surface area contributed by atoms with Crippen molar-refractivity contribution in [2.24, 2.45) is 10.7 Å². The van der Waals surface area contributed by atoms with E-state index in [1.54, 1.807) is 0 Å². The lowest BCUT2D eigenvalue weighted by atomic mass is 10.2. The van der Waals surface area contributed by atoms with Crippen LogP contribution in [0.2, 0.25) is 0 Å². The predicted octanol–water partition coefficient (Wildman–Crippen LogP) is 2.00. The van der Waals surface area contributed by atoms with Gasteiger partial charge in [0, 0.05) is 23.1 Å². The monoisotopic (exact) mass is 492 g/mol. The molecule has 0 atom stereocenters. The number of guanidine groups is 1. The second-order valence-electron chi connectivity index (χ2n) is 4.89. The quantitative estimate of drug-likeness (QED) is 0.388. The highest BCUT2D eigenvalue weighted by molar-refractivity contribution is 14.0. The second-order valence-corrected chi connectivity index (χ2v) is 5.80. The number of aromatic amines is 1. The van der Waals surface area contributed by atoms with Gasteiger partial charge >= 0.3 is 0 Å². The standard InChI is InChI=1S/C14H17BrN6O.HI/c15-11-3-1-10(2-4-11)13-18-12(19-20-13)9-17-14(16)21-5-7-22-8-6-21;/h1-4H,5-9H2,(H2,16,17)(H,18,19,20);1H. The first kappa shape index (κ1) is 18.1. The second kappa shape index (κ2) is 8.60. The molecule has 9 heteroatoms. The van der Waals surface area contributed by atoms with Crippen molar-refractivity contribution in [3.8, 4) is 11.4 Å². The van der Waals surface area contributed by atoms with E-state index in [1.165, 1.54) is 0 Å². The van der Waals surface area contributed by atoms with Crippen molar-refractivity contribution < 1.29 is 4.74 Å². The molecule has 3 rings (SSSR count). The van der Waals surface area contributed by atoms with Crippen LogP contribution >= 0.6 is 39.9 Å². The third-order valence-corrected chi connectivity index (χ3v) is 3.89. The highest BCUT2D eigenvalue weighted by atomic mass is 127. The molecule has 2 heterocycles. The molecule has 1 fully saturated rings. The summed E-state index contributed by atoms with van der Waals surface area (Å²) in [6.45, 7) is 3.30. The van der Waals surface area contributed by atoms with Gasteiger partial charge in [-0.15, -0.1) is 24.0 Å². The number of nitrogens with zero attached hydrogens (tertiary/aromatic N) is 4. The molecule has 0 unspecified atom stereocenters. The van der Waals surface area contributed by atoms with Crippen LogP contribution in [0, 0.1) is 0 Å². The molecule has 1 saturated heterocycles. The molecule has 0 aliphatic carbocycles. The van der Waals surface area contributed by atoms with Crippen molar-refractivity contribution in [3.63, 3.8) is 0 Å². The number of aromatic nitrogens is 3. The molecule has 0 saturated carbocycles. The van der Waals surface area contributed by atoms with Gasteiger partial charge in [-0.25, -0.2) is 9.98 Å². The number of nitrogens with one attached hydrogen (secondary N) is 1. The Morgan fingerprint density at radius 1 is 1.30 bits per heavy atom. The van der Waals surface area contributed by atoms with Crippen molar-refractivity contribution in [1.82, 2.24) is 20.1 Å². The molecule has 1 aliphatic heterocycles. The van der Waals surface area contributed by atoms with E-state index in [0.717, 1.165) is 23.1 Å². The lowest BCUT2D eigenvalue weighted by molar-refractivity contribution is 0.0674. The fraction of sp³-hybridized carbons (Fsp3) is 0.357. The Balaban J connectivity index is 0.00000192. The minimum atomic E-state index is 0. The molecule has 0 spiro atoms. The molecule has 1 aromatic heterocycles. The maximum Gasteiger partial charge on any atom is 0.191 e. The van der Waals surface area contributed by atoms with Gasteiger partial charge in [0.15, 0.2) is 11.8 Å². The minimum absolute atomic E-state index is 0. The zero-order chi connectivity index (χ0) is 15.4. The molecule has 0 bridgehead atoms. The van der Waals surface area contributed by atoms with Crippen molar-refractivity contribution >= 4 is 45.9 Å². The third kappa shape index (κ3) is 4.88. The van der Waals surface area contributed by atoms with Crippen LogP contribution in [-0.2, 0) is 11.3 Å². The highest BCUT2D eigenvalue weighted by Gasteiger charge is 2.12. The van der Waals surface area contributed by atoms with Crippen molar-refractivity contribution in [1.29, 1.82) is 0 Å². The van der Waals surface area contributed by atoms with E-state index in [2.05, 4.69) is 36.1 Å². The SMILES string of the molecule is I.NC(=NCc1nc(-c2ccc(Br)cc2)n[nH]1)N1CCOCC1. The normalized spacial score (nSPS) is 15.3. The van der Waals surface area contributed by atoms with Gasteiger partial charge in [-0.3, -0.25) is 5.10 Å². The number of hydrogen-bond donors (Lipinski definition) is 2. The van der Waals surface area contributed by atoms with Crippen LogP contribution in [0.5, 0.6) is 0 Å². The Bertz CT molecular complexity index is 654. The molecule has 7 nitrogen and oxygen atoms in total. The van der Waals surface area contributed by atoms with Gasteiger partial charge in [0.25, 0.3) is 0 Å². The lowest BCUT2D eigenvalue weighted by Gasteiger charge is -2.27. The van der Waals surface area contributed by atoms with Crippen LogP contribution in [0.1, 0.15) is 5.82 Å². The number of rotatable bonds is 3. The first-order chi connectivity index (χ1) is 10.7. The largest absolute Gasteiger partial charge is 0.378 e. The molecule has 0 radical (unpaired) electrons. The Kier molecular flexibility index (Phi) is 6.78. The number of halogens is 2. The summed E-state index contributed by atoms with van der Waals surface area (Å²) >= 11 is 3.41. The highest BCUT2D eigenvalue weighted by Crippen LogP contribution is 2.18. The number of hydrogen-bond acceptors (Lipinski definition) is 4. The molecule has 1 aromatic carbocycles. The summed E-state index contributed by atoms with van der Waals surface area (Å²) in [7, 11) is 0. The average molecular weight is 493 g/mol. The predicted molar refractivity (Wildman–Crippen MR) is 103 cm³/mol. The summed E-state index contributed by atoms with van der Waals surface area (Å²) in [5.74, 6) is 1.86. The van der Waals surface area contributed by atoms with E-state index in [4.69, 9.17) is 10.5 Å². The topological polar surface area (TPSA) is 92.4 Å². The van der Waals surface area contributed by atoms with Gasteiger partial charge in [0.1, 0.15) is 12.4 Å². The fourth-order valence-electron chi connectivity index (χ4n) is 2.14. The van der Waals surface area contributed by atoms with Crippen LogP contribution in [0.3, 0.4) is 0 Å². The molecule has 23 heavy (non-hydrogen) atoms. The van der Waals surface area contributed by atoms with E-state index >= 15 is 0 Å². The van der Waals surface area contributed by atoms with Crippen LogP contribution < -0.4 is 5.73 Å². The summed E-state index contributed by atoms with van der Waals surface area (Å²) in [5, 5.41) is 7.11. The van der Waals surface area contributed by atoms with E-state index in [1.807, 2.05) is 29.2 Å². The summed E-state index contributed by atoms with van der Waals surface area (Å²) in [4.78, 5) is 10.8.